The number of nitrogens with zero attached hydrogens (tertiary/aromatic N) is 2. The second kappa shape index (κ2) is 7.86. The number of hydrogen-bond acceptors (Lipinski definition) is 5. The van der Waals surface area contributed by atoms with Gasteiger partial charge in [0.15, 0.2) is 0 Å². The van der Waals surface area contributed by atoms with E-state index < -0.39 is 0 Å². The summed E-state index contributed by atoms with van der Waals surface area (Å²) in [5.74, 6) is 1.41. The lowest BCUT2D eigenvalue weighted by molar-refractivity contribution is -0.856. The van der Waals surface area contributed by atoms with Gasteiger partial charge in [-0.1, -0.05) is 6.42 Å². The van der Waals surface area contributed by atoms with Crippen LogP contribution < -0.4 is 15.8 Å². The first-order chi connectivity index (χ1) is 13.1. The van der Waals surface area contributed by atoms with E-state index in [0.717, 1.165) is 48.3 Å². The van der Waals surface area contributed by atoms with Gasteiger partial charge in [0, 0.05) is 4.88 Å². The van der Waals surface area contributed by atoms with Crippen LogP contribution in [0.15, 0.2) is 27.6 Å². The molecule has 0 amide bonds. The lowest BCUT2D eigenvalue weighted by atomic mass is 10.1. The van der Waals surface area contributed by atoms with Crippen LogP contribution in [0.3, 0.4) is 0 Å². The maximum Gasteiger partial charge on any atom is 0.264 e. The summed E-state index contributed by atoms with van der Waals surface area (Å²) in [5, 5.41) is 4.20. The Labute approximate surface area is 162 Å². The number of quaternary nitrogens is 1. The molecule has 0 spiro atoms. The number of aromatic nitrogens is 2. The molecule has 0 saturated carbocycles. The average Bonchev–Trinajstić information content (AvgIpc) is 3.20. The standard InChI is InChI=1S/C20H26N4O2S/c1-23(2)11-10-21-20-22-18-17(15-8-4-3-5-9-16(15)27-18)19(25)24(20)13-14-7-6-12-26-14/h6-7,12H,3-5,8-11,13H2,1-2H3,(H,21,22)/p+1. The topological polar surface area (TPSA) is 64.5 Å². The van der Waals surface area contributed by atoms with Crippen molar-refractivity contribution in [3.63, 3.8) is 0 Å². The summed E-state index contributed by atoms with van der Waals surface area (Å²) in [6.07, 6.45) is 7.30. The van der Waals surface area contributed by atoms with Crippen molar-refractivity contribution >= 4 is 27.5 Å². The Bertz CT molecular complexity index is 972. The van der Waals surface area contributed by atoms with E-state index in [-0.39, 0.29) is 5.56 Å². The van der Waals surface area contributed by atoms with Crippen molar-refractivity contribution in [2.75, 3.05) is 32.5 Å². The molecule has 3 aromatic heterocycles. The third-order valence-electron chi connectivity index (χ3n) is 5.13. The molecule has 144 valence electrons. The van der Waals surface area contributed by atoms with Crippen molar-refractivity contribution in [3.8, 4) is 0 Å². The molecule has 0 atom stereocenters. The van der Waals surface area contributed by atoms with Crippen LogP contribution in [0.25, 0.3) is 10.2 Å². The number of fused-ring (bicyclic) bond motifs is 3. The molecular formula is C20H27N4O2S+. The van der Waals surface area contributed by atoms with Crippen LogP contribution in [0.4, 0.5) is 5.95 Å². The minimum absolute atomic E-state index is 0.0514. The van der Waals surface area contributed by atoms with E-state index in [1.54, 1.807) is 22.2 Å². The molecular weight excluding hydrogens is 360 g/mol. The van der Waals surface area contributed by atoms with Gasteiger partial charge >= 0.3 is 0 Å². The lowest BCUT2D eigenvalue weighted by Crippen LogP contribution is -3.06. The van der Waals surface area contributed by atoms with Gasteiger partial charge < -0.3 is 14.6 Å². The number of rotatable bonds is 6. The van der Waals surface area contributed by atoms with E-state index >= 15 is 0 Å². The first-order valence-electron chi connectivity index (χ1n) is 9.74. The summed E-state index contributed by atoms with van der Waals surface area (Å²) in [7, 11) is 4.23. The maximum absolute atomic E-state index is 13.5. The van der Waals surface area contributed by atoms with Crippen molar-refractivity contribution < 1.29 is 9.32 Å². The summed E-state index contributed by atoms with van der Waals surface area (Å²) in [5.41, 5.74) is 1.29. The first-order valence-corrected chi connectivity index (χ1v) is 10.6. The molecule has 0 unspecified atom stereocenters. The fraction of sp³-hybridized carbons (Fsp3) is 0.500. The minimum atomic E-state index is 0.0514. The second-order valence-corrected chi connectivity index (χ2v) is 8.62. The zero-order valence-electron chi connectivity index (χ0n) is 16.0. The molecule has 0 fully saturated rings. The molecule has 7 heteroatoms. The Morgan fingerprint density at radius 2 is 2.15 bits per heavy atom. The van der Waals surface area contributed by atoms with Crippen LogP contribution in [0.1, 0.15) is 35.5 Å². The highest BCUT2D eigenvalue weighted by molar-refractivity contribution is 7.18. The van der Waals surface area contributed by atoms with E-state index in [0.29, 0.717) is 12.5 Å². The van der Waals surface area contributed by atoms with Gasteiger partial charge in [-0.3, -0.25) is 9.36 Å². The summed E-state index contributed by atoms with van der Waals surface area (Å²) < 4.78 is 7.24. The van der Waals surface area contributed by atoms with Gasteiger partial charge in [0.25, 0.3) is 5.56 Å². The van der Waals surface area contributed by atoms with Crippen molar-refractivity contribution in [2.45, 2.75) is 38.6 Å². The molecule has 0 aliphatic heterocycles. The highest BCUT2D eigenvalue weighted by Crippen LogP contribution is 2.33. The molecule has 27 heavy (non-hydrogen) atoms. The molecule has 4 rings (SSSR count). The van der Waals surface area contributed by atoms with Crippen molar-refractivity contribution in [3.05, 3.63) is 45.0 Å². The fourth-order valence-corrected chi connectivity index (χ4v) is 4.93. The monoisotopic (exact) mass is 387 g/mol. The molecule has 6 nitrogen and oxygen atoms in total. The number of hydrogen-bond donors (Lipinski definition) is 2. The summed E-state index contributed by atoms with van der Waals surface area (Å²) in [6.45, 7) is 2.12. The lowest BCUT2D eigenvalue weighted by Gasteiger charge is -2.14. The molecule has 2 N–H and O–H groups in total. The number of aryl methyl sites for hydroxylation is 2. The molecule has 0 aromatic carbocycles. The number of nitrogens with one attached hydrogen (secondary N) is 2. The SMILES string of the molecule is C[NH+](C)CCNc1nc2sc3c(c2c(=O)n1Cc1ccco1)CCCCC3. The first kappa shape index (κ1) is 18.3. The number of likely N-dealkylation sites (N-methyl/N-ethyl adjacent to an activating group) is 1. The van der Waals surface area contributed by atoms with Crippen LogP contribution in [-0.2, 0) is 19.4 Å². The van der Waals surface area contributed by atoms with Crippen LogP contribution in [0, 0.1) is 0 Å². The Morgan fingerprint density at radius 1 is 1.30 bits per heavy atom. The molecule has 0 radical (unpaired) electrons. The Balaban J connectivity index is 1.80. The third-order valence-corrected chi connectivity index (χ3v) is 6.31. The van der Waals surface area contributed by atoms with Crippen LogP contribution in [0.2, 0.25) is 0 Å². The van der Waals surface area contributed by atoms with Gasteiger partial charge in [-0.2, -0.15) is 0 Å². The van der Waals surface area contributed by atoms with E-state index in [4.69, 9.17) is 9.40 Å². The van der Waals surface area contributed by atoms with Crippen molar-refractivity contribution in [1.29, 1.82) is 0 Å². The van der Waals surface area contributed by atoms with Gasteiger partial charge in [0.2, 0.25) is 5.95 Å². The second-order valence-electron chi connectivity index (χ2n) is 7.53. The van der Waals surface area contributed by atoms with E-state index in [1.165, 1.54) is 28.2 Å². The van der Waals surface area contributed by atoms with Crippen LogP contribution in [0.5, 0.6) is 0 Å². The van der Waals surface area contributed by atoms with E-state index in [2.05, 4.69) is 19.4 Å². The zero-order chi connectivity index (χ0) is 18.8. The predicted octanol–water partition coefficient (Wildman–Crippen LogP) is 1.92. The average molecular weight is 388 g/mol. The number of anilines is 1. The van der Waals surface area contributed by atoms with Crippen molar-refractivity contribution in [1.82, 2.24) is 9.55 Å². The van der Waals surface area contributed by atoms with Gasteiger partial charge in [-0.05, 0) is 43.4 Å². The van der Waals surface area contributed by atoms with Gasteiger partial charge in [-0.25, -0.2) is 4.98 Å². The quantitative estimate of drug-likeness (QED) is 0.635. The zero-order valence-corrected chi connectivity index (χ0v) is 16.8. The largest absolute Gasteiger partial charge is 0.467 e. The highest BCUT2D eigenvalue weighted by atomic mass is 32.1. The van der Waals surface area contributed by atoms with E-state index in [1.807, 2.05) is 12.1 Å². The number of furan rings is 1. The smallest absolute Gasteiger partial charge is 0.264 e. The Kier molecular flexibility index (Phi) is 5.31. The van der Waals surface area contributed by atoms with Gasteiger partial charge in [0.05, 0.1) is 45.4 Å². The van der Waals surface area contributed by atoms with Crippen LogP contribution >= 0.6 is 11.3 Å². The Hall–Kier alpha value is -2.12. The maximum atomic E-state index is 13.5. The normalized spacial score (nSPS) is 14.5. The Morgan fingerprint density at radius 3 is 2.93 bits per heavy atom. The molecule has 1 aliphatic rings. The molecule has 3 heterocycles. The molecule has 1 aliphatic carbocycles. The summed E-state index contributed by atoms with van der Waals surface area (Å²) in [4.78, 5) is 21.9. The molecule has 3 aromatic rings. The number of thiophene rings is 1. The van der Waals surface area contributed by atoms with Gasteiger partial charge in [-0.15, -0.1) is 11.3 Å². The van der Waals surface area contributed by atoms with Crippen LogP contribution in [-0.4, -0.2) is 36.7 Å². The summed E-state index contributed by atoms with van der Waals surface area (Å²) in [6, 6.07) is 3.75. The predicted molar refractivity (Wildman–Crippen MR) is 109 cm³/mol. The van der Waals surface area contributed by atoms with Crippen molar-refractivity contribution in [2.24, 2.45) is 0 Å². The summed E-state index contributed by atoms with van der Waals surface area (Å²) >= 11 is 1.70. The van der Waals surface area contributed by atoms with E-state index in [9.17, 15) is 4.79 Å². The van der Waals surface area contributed by atoms with Gasteiger partial charge in [0.1, 0.15) is 10.6 Å². The minimum Gasteiger partial charge on any atom is -0.467 e. The third kappa shape index (κ3) is 3.80. The molecule has 0 bridgehead atoms. The fourth-order valence-electron chi connectivity index (χ4n) is 3.68. The highest BCUT2D eigenvalue weighted by Gasteiger charge is 2.21. The molecule has 0 saturated heterocycles.